The van der Waals surface area contributed by atoms with Crippen molar-refractivity contribution in [2.24, 2.45) is 5.73 Å². The molecular weight excluding hydrogens is 230 g/mol. The van der Waals surface area contributed by atoms with Gasteiger partial charge in [-0.3, -0.25) is 0 Å². The van der Waals surface area contributed by atoms with Crippen molar-refractivity contribution in [3.05, 3.63) is 0 Å². The Hall–Kier alpha value is -0.210. The van der Waals surface area contributed by atoms with Gasteiger partial charge in [0.1, 0.15) is 0 Å². The Morgan fingerprint density at radius 1 is 1.38 bits per heavy atom. The van der Waals surface area contributed by atoms with Gasteiger partial charge in [0.15, 0.2) is 0 Å². The second kappa shape index (κ2) is 8.89. The largest absolute Gasteiger partial charge is 0.383 e. The zero-order valence-corrected chi connectivity index (χ0v) is 10.9. The molecule has 0 aromatic rings. The topological polar surface area (TPSA) is 84.7 Å². The highest BCUT2D eigenvalue weighted by Gasteiger charge is 2.19. The lowest BCUT2D eigenvalue weighted by Crippen LogP contribution is -2.43. The Kier molecular flexibility index (Phi) is 8.77. The fourth-order valence-electron chi connectivity index (χ4n) is 1.14. The highest BCUT2D eigenvalue weighted by atomic mass is 32.2. The molecule has 16 heavy (non-hydrogen) atoms. The summed E-state index contributed by atoms with van der Waals surface area (Å²) in [5.41, 5.74) is 5.38. The van der Waals surface area contributed by atoms with Crippen LogP contribution in [0.2, 0.25) is 0 Å². The van der Waals surface area contributed by atoms with Gasteiger partial charge < -0.3 is 10.5 Å². The van der Waals surface area contributed by atoms with Crippen molar-refractivity contribution in [1.29, 1.82) is 0 Å². The van der Waals surface area contributed by atoms with Crippen molar-refractivity contribution >= 4 is 10.2 Å². The lowest BCUT2D eigenvalue weighted by Gasteiger charge is -2.21. The Balaban J connectivity index is 4.33. The zero-order valence-electron chi connectivity index (χ0n) is 10.1. The summed E-state index contributed by atoms with van der Waals surface area (Å²) < 4.78 is 32.4. The molecular formula is C9H23N3O3S. The molecule has 0 aliphatic carbocycles. The molecule has 0 radical (unpaired) electrons. The van der Waals surface area contributed by atoms with E-state index in [9.17, 15) is 8.42 Å². The van der Waals surface area contributed by atoms with E-state index in [0.29, 0.717) is 39.2 Å². The van der Waals surface area contributed by atoms with Crippen LogP contribution in [0, 0.1) is 0 Å². The number of hydrogen-bond donors (Lipinski definition) is 2. The number of nitrogens with zero attached hydrogens (tertiary/aromatic N) is 1. The first kappa shape index (κ1) is 15.8. The van der Waals surface area contributed by atoms with Gasteiger partial charge in [-0.2, -0.15) is 12.7 Å². The maximum absolute atomic E-state index is 11.8. The first-order valence-electron chi connectivity index (χ1n) is 5.52. The minimum Gasteiger partial charge on any atom is -0.383 e. The molecule has 0 aliphatic heterocycles. The van der Waals surface area contributed by atoms with Gasteiger partial charge >= 0.3 is 0 Å². The molecule has 0 heterocycles. The van der Waals surface area contributed by atoms with E-state index in [4.69, 9.17) is 10.5 Å². The normalized spacial score (nSPS) is 12.2. The molecule has 0 fully saturated rings. The van der Waals surface area contributed by atoms with Gasteiger partial charge in [-0.05, 0) is 19.4 Å². The number of hydrogen-bond acceptors (Lipinski definition) is 4. The predicted octanol–water partition coefficient (Wildman–Crippen LogP) is -0.472. The Labute approximate surface area is 98.3 Å². The lowest BCUT2D eigenvalue weighted by atomic mass is 10.4. The van der Waals surface area contributed by atoms with Crippen molar-refractivity contribution in [3.8, 4) is 0 Å². The summed E-state index contributed by atoms with van der Waals surface area (Å²) in [6.07, 6.45) is 1.42. The molecule has 0 aromatic carbocycles. The average molecular weight is 253 g/mol. The standard InChI is InChI=1S/C9H23N3O3S/c1-3-6-11-16(13,14)12(7-4-5-10)8-9-15-2/h11H,3-10H2,1-2H3. The number of rotatable bonds is 10. The van der Waals surface area contributed by atoms with E-state index in [-0.39, 0.29) is 0 Å². The van der Waals surface area contributed by atoms with Crippen molar-refractivity contribution in [2.75, 3.05) is 39.9 Å². The molecule has 98 valence electrons. The molecule has 7 heteroatoms. The van der Waals surface area contributed by atoms with Crippen LogP contribution in [0.3, 0.4) is 0 Å². The molecule has 6 nitrogen and oxygen atoms in total. The summed E-state index contributed by atoms with van der Waals surface area (Å²) in [6, 6.07) is 0. The summed E-state index contributed by atoms with van der Waals surface area (Å²) in [7, 11) is -1.83. The quantitative estimate of drug-likeness (QED) is 0.551. The van der Waals surface area contributed by atoms with Crippen LogP contribution >= 0.6 is 0 Å². The summed E-state index contributed by atoms with van der Waals surface area (Å²) in [4.78, 5) is 0. The van der Waals surface area contributed by atoms with Crippen LogP contribution in [0.5, 0.6) is 0 Å². The molecule has 3 N–H and O–H groups in total. The number of ether oxygens (including phenoxy) is 1. The van der Waals surface area contributed by atoms with Crippen molar-refractivity contribution in [1.82, 2.24) is 9.03 Å². The summed E-state index contributed by atoms with van der Waals surface area (Å²) in [5, 5.41) is 0. The minimum atomic E-state index is -3.38. The monoisotopic (exact) mass is 253 g/mol. The molecule has 0 saturated heterocycles. The molecule has 0 atom stereocenters. The van der Waals surface area contributed by atoms with Gasteiger partial charge in [0, 0.05) is 26.7 Å². The minimum absolute atomic E-state index is 0.357. The SMILES string of the molecule is CCCNS(=O)(=O)N(CCCN)CCOC. The van der Waals surface area contributed by atoms with E-state index in [1.807, 2.05) is 6.92 Å². The van der Waals surface area contributed by atoms with Gasteiger partial charge in [-0.15, -0.1) is 0 Å². The third-order valence-corrected chi connectivity index (χ3v) is 3.64. The molecule has 0 saturated carbocycles. The maximum atomic E-state index is 11.8. The van der Waals surface area contributed by atoms with Crippen LogP contribution < -0.4 is 10.5 Å². The fraction of sp³-hybridized carbons (Fsp3) is 1.00. The van der Waals surface area contributed by atoms with Crippen molar-refractivity contribution in [2.45, 2.75) is 19.8 Å². The van der Waals surface area contributed by atoms with E-state index in [2.05, 4.69) is 4.72 Å². The molecule has 0 bridgehead atoms. The molecule has 0 spiro atoms. The van der Waals surface area contributed by atoms with Gasteiger partial charge in [-0.25, -0.2) is 4.72 Å². The summed E-state index contributed by atoms with van der Waals surface area (Å²) >= 11 is 0. The van der Waals surface area contributed by atoms with Gasteiger partial charge in [0.05, 0.1) is 6.61 Å². The van der Waals surface area contributed by atoms with Crippen LogP contribution in [0.1, 0.15) is 19.8 Å². The molecule has 0 amide bonds. The number of methoxy groups -OCH3 is 1. The molecule has 0 aliphatic rings. The van der Waals surface area contributed by atoms with Gasteiger partial charge in [-0.1, -0.05) is 6.92 Å². The van der Waals surface area contributed by atoms with Crippen LogP contribution in [0.15, 0.2) is 0 Å². The predicted molar refractivity (Wildman–Crippen MR) is 64.3 cm³/mol. The van der Waals surface area contributed by atoms with E-state index < -0.39 is 10.2 Å². The van der Waals surface area contributed by atoms with Crippen molar-refractivity contribution < 1.29 is 13.2 Å². The third kappa shape index (κ3) is 6.39. The van der Waals surface area contributed by atoms with Crippen LogP contribution in [0.4, 0.5) is 0 Å². The smallest absolute Gasteiger partial charge is 0.279 e. The fourth-order valence-corrected chi connectivity index (χ4v) is 2.46. The second-order valence-electron chi connectivity index (χ2n) is 3.43. The highest BCUT2D eigenvalue weighted by Crippen LogP contribution is 1.99. The maximum Gasteiger partial charge on any atom is 0.279 e. The second-order valence-corrected chi connectivity index (χ2v) is 5.19. The molecule has 0 unspecified atom stereocenters. The Bertz CT molecular complexity index is 249. The van der Waals surface area contributed by atoms with Crippen LogP contribution in [-0.4, -0.2) is 52.6 Å². The third-order valence-electron chi connectivity index (χ3n) is 2.03. The summed E-state index contributed by atoms with van der Waals surface area (Å²) in [6.45, 7) is 4.02. The van der Waals surface area contributed by atoms with Gasteiger partial charge in [0.2, 0.25) is 0 Å². The molecule has 0 aromatic heterocycles. The van der Waals surface area contributed by atoms with E-state index >= 15 is 0 Å². The van der Waals surface area contributed by atoms with Crippen LogP contribution in [-0.2, 0) is 14.9 Å². The summed E-state index contributed by atoms with van der Waals surface area (Å²) in [5.74, 6) is 0. The highest BCUT2D eigenvalue weighted by molar-refractivity contribution is 7.87. The van der Waals surface area contributed by atoms with Gasteiger partial charge in [0.25, 0.3) is 10.2 Å². The van der Waals surface area contributed by atoms with E-state index in [0.717, 1.165) is 6.42 Å². The average Bonchev–Trinajstić information content (AvgIpc) is 2.26. The zero-order chi connectivity index (χ0) is 12.4. The number of nitrogens with two attached hydrogens (primary N) is 1. The first-order valence-corrected chi connectivity index (χ1v) is 6.96. The lowest BCUT2D eigenvalue weighted by molar-refractivity contribution is 0.178. The van der Waals surface area contributed by atoms with Crippen molar-refractivity contribution in [3.63, 3.8) is 0 Å². The number of nitrogens with one attached hydrogen (secondary N) is 1. The Morgan fingerprint density at radius 3 is 2.56 bits per heavy atom. The van der Waals surface area contributed by atoms with E-state index in [1.165, 1.54) is 4.31 Å². The van der Waals surface area contributed by atoms with Crippen LogP contribution in [0.25, 0.3) is 0 Å². The first-order chi connectivity index (χ1) is 7.58. The van der Waals surface area contributed by atoms with E-state index in [1.54, 1.807) is 7.11 Å². The molecule has 0 rings (SSSR count). The Morgan fingerprint density at radius 2 is 2.06 bits per heavy atom.